The molecule has 0 fully saturated rings. The predicted molar refractivity (Wildman–Crippen MR) is 92.6 cm³/mol. The number of aromatic amines is 2. The second-order valence-corrected chi connectivity index (χ2v) is 5.81. The Morgan fingerprint density at radius 3 is 2.79 bits per heavy atom. The number of nitrogens with one attached hydrogen (secondary N) is 2. The van der Waals surface area contributed by atoms with Gasteiger partial charge in [0, 0.05) is 40.0 Å². The molecule has 0 radical (unpaired) electrons. The first-order chi connectivity index (χ1) is 11.6. The van der Waals surface area contributed by atoms with E-state index in [1.54, 1.807) is 30.6 Å². The predicted octanol–water partition coefficient (Wildman–Crippen LogP) is 4.38. The van der Waals surface area contributed by atoms with E-state index in [9.17, 15) is 9.18 Å². The molecule has 0 aliphatic carbocycles. The van der Waals surface area contributed by atoms with Gasteiger partial charge in [0.25, 0.3) is 0 Å². The lowest BCUT2D eigenvalue weighted by atomic mass is 10.0. The number of pyridine rings is 2. The smallest absolute Gasteiger partial charge is 0.249 e. The summed E-state index contributed by atoms with van der Waals surface area (Å²) in [5.41, 5.74) is 2.62. The van der Waals surface area contributed by atoms with E-state index in [0.717, 1.165) is 16.6 Å². The van der Waals surface area contributed by atoms with Crippen molar-refractivity contribution in [2.75, 3.05) is 0 Å². The molecule has 3 heterocycles. The third kappa shape index (κ3) is 2.49. The zero-order valence-corrected chi connectivity index (χ0v) is 13.1. The topological polar surface area (TPSA) is 61.5 Å². The zero-order valence-electron chi connectivity index (χ0n) is 12.3. The van der Waals surface area contributed by atoms with Crippen molar-refractivity contribution in [3.63, 3.8) is 0 Å². The molecule has 6 heteroatoms. The van der Waals surface area contributed by atoms with Gasteiger partial charge in [-0.1, -0.05) is 11.6 Å². The molecule has 0 atom stereocenters. The molecular formula is C18H11ClFN3O. The molecular weight excluding hydrogens is 329 g/mol. The maximum Gasteiger partial charge on any atom is 0.249 e. The Morgan fingerprint density at radius 2 is 1.96 bits per heavy atom. The first-order valence-corrected chi connectivity index (χ1v) is 7.62. The highest BCUT2D eigenvalue weighted by atomic mass is 35.5. The van der Waals surface area contributed by atoms with Crippen molar-refractivity contribution < 1.29 is 4.39 Å². The minimum absolute atomic E-state index is 0.288. The normalized spacial score (nSPS) is 11.1. The van der Waals surface area contributed by atoms with Crippen molar-refractivity contribution in [2.24, 2.45) is 0 Å². The minimum Gasteiger partial charge on any atom is -0.346 e. The van der Waals surface area contributed by atoms with Crippen LogP contribution in [0.4, 0.5) is 4.39 Å². The van der Waals surface area contributed by atoms with Gasteiger partial charge in [-0.25, -0.2) is 9.37 Å². The van der Waals surface area contributed by atoms with E-state index in [-0.39, 0.29) is 11.1 Å². The molecule has 0 saturated heterocycles. The average molecular weight is 340 g/mol. The molecule has 0 saturated carbocycles. The molecule has 1 aromatic carbocycles. The van der Waals surface area contributed by atoms with E-state index in [1.807, 2.05) is 12.1 Å². The third-order valence-electron chi connectivity index (χ3n) is 3.83. The van der Waals surface area contributed by atoms with Crippen LogP contribution in [-0.2, 0) is 0 Å². The number of halogens is 2. The summed E-state index contributed by atoms with van der Waals surface area (Å²) in [5.74, 6) is -0.490. The van der Waals surface area contributed by atoms with E-state index in [0.29, 0.717) is 16.3 Å². The molecule has 4 rings (SSSR count). The number of aromatic nitrogens is 3. The van der Waals surface area contributed by atoms with Crippen LogP contribution in [0.2, 0.25) is 5.02 Å². The Morgan fingerprint density at radius 1 is 1.08 bits per heavy atom. The highest BCUT2D eigenvalue weighted by Crippen LogP contribution is 2.30. The molecule has 4 aromatic rings. The molecule has 0 bridgehead atoms. The molecule has 0 unspecified atom stereocenters. The third-order valence-corrected chi connectivity index (χ3v) is 4.06. The molecule has 2 N–H and O–H groups in total. The summed E-state index contributed by atoms with van der Waals surface area (Å²) in [7, 11) is 0. The molecule has 118 valence electrons. The van der Waals surface area contributed by atoms with Gasteiger partial charge in [0.15, 0.2) is 0 Å². The van der Waals surface area contributed by atoms with Gasteiger partial charge >= 0.3 is 0 Å². The van der Waals surface area contributed by atoms with E-state index in [4.69, 9.17) is 11.6 Å². The number of hydrogen-bond donors (Lipinski definition) is 2. The number of rotatable bonds is 2. The number of H-pyrrole nitrogens is 2. The average Bonchev–Trinajstić information content (AvgIpc) is 2.98. The van der Waals surface area contributed by atoms with Crippen LogP contribution >= 0.6 is 11.6 Å². The van der Waals surface area contributed by atoms with Crippen molar-refractivity contribution in [3.05, 3.63) is 76.1 Å². The van der Waals surface area contributed by atoms with E-state index in [1.165, 1.54) is 12.1 Å². The quantitative estimate of drug-likeness (QED) is 0.569. The first kappa shape index (κ1) is 14.7. The van der Waals surface area contributed by atoms with E-state index in [2.05, 4.69) is 15.0 Å². The molecule has 24 heavy (non-hydrogen) atoms. The van der Waals surface area contributed by atoms with Crippen LogP contribution in [0.1, 0.15) is 0 Å². The SMILES string of the molecule is O=c1cc(-c2c[nH]c3ncccc23)cc(-c2ccc(Cl)cc2F)[nH]1. The van der Waals surface area contributed by atoms with Gasteiger partial charge in [0.05, 0.1) is 5.69 Å². The largest absolute Gasteiger partial charge is 0.346 e. The molecule has 0 spiro atoms. The summed E-state index contributed by atoms with van der Waals surface area (Å²) >= 11 is 5.79. The van der Waals surface area contributed by atoms with Crippen LogP contribution in [0, 0.1) is 5.82 Å². The highest BCUT2D eigenvalue weighted by molar-refractivity contribution is 6.30. The van der Waals surface area contributed by atoms with Gasteiger partial charge in [-0.05, 0) is 42.0 Å². The summed E-state index contributed by atoms with van der Waals surface area (Å²) < 4.78 is 14.2. The Bertz CT molecular complexity index is 1120. The lowest BCUT2D eigenvalue weighted by Crippen LogP contribution is -2.06. The fourth-order valence-corrected chi connectivity index (χ4v) is 2.91. The lowest BCUT2D eigenvalue weighted by Gasteiger charge is -2.06. The second-order valence-electron chi connectivity index (χ2n) is 5.37. The molecule has 4 nitrogen and oxygen atoms in total. The number of nitrogens with zero attached hydrogens (tertiary/aromatic N) is 1. The molecule has 3 aromatic heterocycles. The Hall–Kier alpha value is -2.92. The van der Waals surface area contributed by atoms with E-state index < -0.39 is 5.82 Å². The second kappa shape index (κ2) is 5.62. The van der Waals surface area contributed by atoms with Crippen LogP contribution in [0.3, 0.4) is 0 Å². The molecule has 0 amide bonds. The number of hydrogen-bond acceptors (Lipinski definition) is 2. The number of benzene rings is 1. The number of fused-ring (bicyclic) bond motifs is 1. The van der Waals surface area contributed by atoms with Crippen LogP contribution in [0.15, 0.2) is 59.7 Å². The Labute approximate surface area is 141 Å². The maximum atomic E-state index is 14.2. The fraction of sp³-hybridized carbons (Fsp3) is 0. The summed E-state index contributed by atoms with van der Waals surface area (Å²) in [6.07, 6.45) is 3.48. The Balaban J connectivity index is 1.92. The monoisotopic (exact) mass is 339 g/mol. The molecule has 0 aliphatic heterocycles. The van der Waals surface area contributed by atoms with Gasteiger partial charge in [-0.2, -0.15) is 0 Å². The van der Waals surface area contributed by atoms with E-state index >= 15 is 0 Å². The van der Waals surface area contributed by atoms with Crippen LogP contribution in [0.5, 0.6) is 0 Å². The van der Waals surface area contributed by atoms with Crippen molar-refractivity contribution in [1.82, 2.24) is 15.0 Å². The van der Waals surface area contributed by atoms with Gasteiger partial charge in [-0.3, -0.25) is 4.79 Å². The maximum absolute atomic E-state index is 14.2. The van der Waals surface area contributed by atoms with Crippen molar-refractivity contribution >= 4 is 22.6 Å². The summed E-state index contributed by atoms with van der Waals surface area (Å²) in [4.78, 5) is 22.0. The van der Waals surface area contributed by atoms with Crippen LogP contribution < -0.4 is 5.56 Å². The summed E-state index contributed by atoms with van der Waals surface area (Å²) in [6, 6.07) is 11.3. The minimum atomic E-state index is -0.490. The standard InChI is InChI=1S/C18H11ClFN3O/c19-11-3-4-13(15(20)8-11)16-6-10(7-17(24)23-16)14-9-22-18-12(14)2-1-5-21-18/h1-9H,(H,21,22)(H,23,24). The van der Waals surface area contributed by atoms with Crippen molar-refractivity contribution in [2.45, 2.75) is 0 Å². The summed E-state index contributed by atoms with van der Waals surface area (Å²) in [6.45, 7) is 0. The molecule has 0 aliphatic rings. The van der Waals surface area contributed by atoms with Gasteiger partial charge < -0.3 is 9.97 Å². The Kier molecular flexibility index (Phi) is 3.43. The van der Waals surface area contributed by atoms with Crippen molar-refractivity contribution in [3.8, 4) is 22.4 Å². The summed E-state index contributed by atoms with van der Waals surface area (Å²) in [5, 5.41) is 1.20. The zero-order chi connectivity index (χ0) is 16.7. The van der Waals surface area contributed by atoms with Crippen LogP contribution in [0.25, 0.3) is 33.4 Å². The highest BCUT2D eigenvalue weighted by Gasteiger charge is 2.12. The van der Waals surface area contributed by atoms with Gasteiger partial charge in [0.1, 0.15) is 11.5 Å². The lowest BCUT2D eigenvalue weighted by molar-refractivity contribution is 0.631. The van der Waals surface area contributed by atoms with Crippen molar-refractivity contribution in [1.29, 1.82) is 0 Å². The van der Waals surface area contributed by atoms with Gasteiger partial charge in [-0.15, -0.1) is 0 Å². The van der Waals surface area contributed by atoms with Gasteiger partial charge in [0.2, 0.25) is 5.56 Å². The van der Waals surface area contributed by atoms with Crippen LogP contribution in [-0.4, -0.2) is 15.0 Å². The first-order valence-electron chi connectivity index (χ1n) is 7.24. The fourth-order valence-electron chi connectivity index (χ4n) is 2.75.